The lowest BCUT2D eigenvalue weighted by molar-refractivity contribution is -0.132. The fraction of sp³-hybridized carbons (Fsp3) is 0.625. The lowest BCUT2D eigenvalue weighted by Crippen LogP contribution is -2.52. The highest BCUT2D eigenvalue weighted by Crippen LogP contribution is 2.59. The number of aryl methyl sites for hydroxylation is 1. The second kappa shape index (κ2) is 7.10. The van der Waals surface area contributed by atoms with Crippen molar-refractivity contribution >= 4 is 23.5 Å². The van der Waals surface area contributed by atoms with E-state index in [1.807, 2.05) is 31.2 Å². The summed E-state index contributed by atoms with van der Waals surface area (Å²) in [5, 5.41) is 3.08. The van der Waals surface area contributed by atoms with Crippen LogP contribution in [0.2, 0.25) is 0 Å². The average Bonchev–Trinajstić information content (AvgIpc) is 2.90. The van der Waals surface area contributed by atoms with Crippen molar-refractivity contribution in [3.05, 3.63) is 29.8 Å². The SMILES string of the molecule is Cc1ccc(N2C(=O)N(CC(=O)NCC34CC5CC(CC(C5)C3)C4)C(=O)[C@H]2C)cc1. The van der Waals surface area contributed by atoms with Crippen LogP contribution in [0.5, 0.6) is 0 Å². The minimum Gasteiger partial charge on any atom is -0.354 e. The molecule has 1 atom stereocenters. The highest BCUT2D eigenvalue weighted by atomic mass is 16.2. The van der Waals surface area contributed by atoms with Crippen LogP contribution in [0.4, 0.5) is 10.5 Å². The fourth-order valence-corrected chi connectivity index (χ4v) is 6.90. The molecule has 4 saturated carbocycles. The normalized spacial score (nSPS) is 34.7. The number of amides is 4. The highest BCUT2D eigenvalue weighted by Gasteiger charge is 2.51. The van der Waals surface area contributed by atoms with Gasteiger partial charge in [-0.05, 0) is 87.7 Å². The van der Waals surface area contributed by atoms with Gasteiger partial charge in [-0.2, -0.15) is 0 Å². The summed E-state index contributed by atoms with van der Waals surface area (Å²) in [5.74, 6) is 1.95. The van der Waals surface area contributed by atoms with E-state index in [0.29, 0.717) is 12.2 Å². The van der Waals surface area contributed by atoms with Crippen molar-refractivity contribution in [2.24, 2.45) is 23.2 Å². The molecule has 6 nitrogen and oxygen atoms in total. The molecule has 4 bridgehead atoms. The van der Waals surface area contributed by atoms with Crippen molar-refractivity contribution in [1.82, 2.24) is 10.2 Å². The lowest BCUT2D eigenvalue weighted by atomic mass is 9.49. The Balaban J connectivity index is 1.22. The van der Waals surface area contributed by atoms with Crippen molar-refractivity contribution in [3.8, 4) is 0 Å². The van der Waals surface area contributed by atoms with Gasteiger partial charge in [-0.3, -0.25) is 19.4 Å². The van der Waals surface area contributed by atoms with Gasteiger partial charge in [0.1, 0.15) is 12.6 Å². The van der Waals surface area contributed by atoms with Gasteiger partial charge in [0.25, 0.3) is 5.91 Å². The molecule has 5 fully saturated rings. The van der Waals surface area contributed by atoms with Gasteiger partial charge >= 0.3 is 6.03 Å². The summed E-state index contributed by atoms with van der Waals surface area (Å²) in [6.07, 6.45) is 7.78. The number of urea groups is 1. The number of carbonyl (C=O) groups is 3. The third-order valence-electron chi connectivity index (χ3n) is 7.89. The summed E-state index contributed by atoms with van der Waals surface area (Å²) in [6, 6.07) is 6.50. The zero-order valence-corrected chi connectivity index (χ0v) is 17.9. The van der Waals surface area contributed by atoms with Crippen LogP contribution in [0.3, 0.4) is 0 Å². The molecular formula is C24H31N3O3. The Morgan fingerprint density at radius 3 is 2.17 bits per heavy atom. The summed E-state index contributed by atoms with van der Waals surface area (Å²) >= 11 is 0. The molecule has 0 spiro atoms. The smallest absolute Gasteiger partial charge is 0.332 e. The van der Waals surface area contributed by atoms with Gasteiger partial charge in [0.2, 0.25) is 5.91 Å². The number of anilines is 1. The van der Waals surface area contributed by atoms with E-state index in [4.69, 9.17) is 0 Å². The number of nitrogens with one attached hydrogen (secondary N) is 1. The summed E-state index contributed by atoms with van der Waals surface area (Å²) in [7, 11) is 0. The average molecular weight is 410 g/mol. The molecule has 1 aliphatic heterocycles. The zero-order chi connectivity index (χ0) is 21.0. The van der Waals surface area contributed by atoms with Crippen LogP contribution >= 0.6 is 0 Å². The van der Waals surface area contributed by atoms with E-state index in [1.54, 1.807) is 6.92 Å². The fourth-order valence-electron chi connectivity index (χ4n) is 6.90. The Bertz CT molecular complexity index is 843. The molecule has 1 heterocycles. The van der Waals surface area contributed by atoms with Crippen LogP contribution in [-0.4, -0.2) is 41.9 Å². The summed E-state index contributed by atoms with van der Waals surface area (Å²) in [4.78, 5) is 40.9. The molecule has 0 unspecified atom stereocenters. The van der Waals surface area contributed by atoms with E-state index >= 15 is 0 Å². The second-order valence-electron chi connectivity index (χ2n) is 10.3. The number of imide groups is 1. The van der Waals surface area contributed by atoms with E-state index < -0.39 is 12.1 Å². The summed E-state index contributed by atoms with van der Waals surface area (Å²) < 4.78 is 0. The molecule has 4 amide bonds. The third kappa shape index (κ3) is 3.30. The molecule has 0 radical (unpaired) electrons. The number of rotatable bonds is 5. The van der Waals surface area contributed by atoms with Gasteiger partial charge in [-0.15, -0.1) is 0 Å². The molecule has 1 saturated heterocycles. The molecule has 5 aliphatic rings. The van der Waals surface area contributed by atoms with Crippen LogP contribution in [0.25, 0.3) is 0 Å². The van der Waals surface area contributed by atoms with Crippen molar-refractivity contribution in [3.63, 3.8) is 0 Å². The Hall–Kier alpha value is -2.37. The first-order chi connectivity index (χ1) is 14.3. The minimum atomic E-state index is -0.601. The molecule has 0 aromatic heterocycles. The van der Waals surface area contributed by atoms with Crippen molar-refractivity contribution in [1.29, 1.82) is 0 Å². The Labute approximate surface area is 178 Å². The first-order valence-electron chi connectivity index (χ1n) is 11.3. The molecule has 1 aromatic rings. The van der Waals surface area contributed by atoms with Gasteiger partial charge in [-0.1, -0.05) is 17.7 Å². The highest BCUT2D eigenvalue weighted by molar-refractivity contribution is 6.15. The van der Waals surface area contributed by atoms with Gasteiger partial charge in [0, 0.05) is 12.2 Å². The molecule has 1 N–H and O–H groups in total. The van der Waals surface area contributed by atoms with Crippen LogP contribution < -0.4 is 10.2 Å². The third-order valence-corrected chi connectivity index (χ3v) is 7.89. The van der Waals surface area contributed by atoms with E-state index in [9.17, 15) is 14.4 Å². The van der Waals surface area contributed by atoms with Crippen LogP contribution in [-0.2, 0) is 9.59 Å². The Morgan fingerprint density at radius 1 is 1.03 bits per heavy atom. The largest absolute Gasteiger partial charge is 0.354 e. The standard InChI is InChI=1S/C24H31N3O3/c1-15-3-5-20(6-4-15)27-16(2)22(29)26(23(27)30)13-21(28)25-14-24-10-17-7-18(11-24)9-19(8-17)12-24/h3-6,16-19H,7-14H2,1-2H3,(H,25,28)/t16-,17?,18?,19?,24?/m1/s1. The van der Waals surface area contributed by atoms with E-state index in [1.165, 1.54) is 43.4 Å². The van der Waals surface area contributed by atoms with Gasteiger partial charge < -0.3 is 5.32 Å². The predicted molar refractivity (Wildman–Crippen MR) is 114 cm³/mol. The first kappa shape index (κ1) is 19.6. The van der Waals surface area contributed by atoms with E-state index in [2.05, 4.69) is 5.32 Å². The maximum absolute atomic E-state index is 12.9. The lowest BCUT2D eigenvalue weighted by Gasteiger charge is -2.56. The van der Waals surface area contributed by atoms with E-state index in [-0.39, 0.29) is 23.8 Å². The number of nitrogens with zero attached hydrogens (tertiary/aromatic N) is 2. The topological polar surface area (TPSA) is 69.7 Å². The molecular weight excluding hydrogens is 378 g/mol. The van der Waals surface area contributed by atoms with Gasteiger partial charge in [-0.25, -0.2) is 4.79 Å². The number of benzene rings is 1. The number of hydrogen-bond acceptors (Lipinski definition) is 3. The molecule has 6 heteroatoms. The van der Waals surface area contributed by atoms with Crippen molar-refractivity contribution in [2.45, 2.75) is 58.4 Å². The second-order valence-corrected chi connectivity index (χ2v) is 10.3. The molecule has 4 aliphatic carbocycles. The minimum absolute atomic E-state index is 0.198. The van der Waals surface area contributed by atoms with Gasteiger partial charge in [0.05, 0.1) is 0 Å². The van der Waals surface area contributed by atoms with Crippen molar-refractivity contribution < 1.29 is 14.4 Å². The Kier molecular flexibility index (Phi) is 4.64. The van der Waals surface area contributed by atoms with Crippen LogP contribution in [0.1, 0.15) is 51.0 Å². The quantitative estimate of drug-likeness (QED) is 0.757. The Morgan fingerprint density at radius 2 is 1.60 bits per heavy atom. The molecule has 160 valence electrons. The maximum Gasteiger partial charge on any atom is 0.332 e. The first-order valence-corrected chi connectivity index (χ1v) is 11.3. The van der Waals surface area contributed by atoms with Crippen LogP contribution in [0.15, 0.2) is 24.3 Å². The predicted octanol–water partition coefficient (Wildman–Crippen LogP) is 3.48. The molecule has 30 heavy (non-hydrogen) atoms. The van der Waals surface area contributed by atoms with Crippen molar-refractivity contribution in [2.75, 3.05) is 18.0 Å². The van der Waals surface area contributed by atoms with E-state index in [0.717, 1.165) is 28.2 Å². The monoisotopic (exact) mass is 409 g/mol. The van der Waals surface area contributed by atoms with Gasteiger partial charge in [0.15, 0.2) is 0 Å². The molecule has 1 aromatic carbocycles. The van der Waals surface area contributed by atoms with Crippen LogP contribution in [0, 0.1) is 30.1 Å². The zero-order valence-electron chi connectivity index (χ0n) is 17.9. The maximum atomic E-state index is 12.9. The molecule has 6 rings (SSSR count). The number of hydrogen-bond donors (Lipinski definition) is 1. The summed E-state index contributed by atoms with van der Waals surface area (Å²) in [6.45, 7) is 4.18. The number of carbonyl (C=O) groups excluding carboxylic acids is 3. The summed E-state index contributed by atoms with van der Waals surface area (Å²) in [5.41, 5.74) is 2.01.